The highest BCUT2D eigenvalue weighted by Crippen LogP contribution is 2.35. The number of ether oxygens (including phenoxy) is 14. The number of carbonyl (C=O) groups is 5. The molecule has 23 heteroatoms. The van der Waals surface area contributed by atoms with Gasteiger partial charge in [-0.2, -0.15) is 0 Å². The average molecular weight is 975 g/mol. The predicted molar refractivity (Wildman–Crippen MR) is 230 cm³/mol. The maximum absolute atomic E-state index is 11.4. The number of hydrogen-bond donors (Lipinski definition) is 4. The van der Waals surface area contributed by atoms with Crippen molar-refractivity contribution in [1.82, 2.24) is 0 Å². The maximum atomic E-state index is 11.4. The molecule has 23 nitrogen and oxygen atoms in total. The molecule has 3 saturated heterocycles. The summed E-state index contributed by atoms with van der Waals surface area (Å²) in [6.45, 7) is 22.1. The van der Waals surface area contributed by atoms with Gasteiger partial charge >= 0.3 is 29.8 Å². The number of hydrogen-bond acceptors (Lipinski definition) is 23. The fourth-order valence-electron chi connectivity index (χ4n) is 6.78. The number of aliphatic hydroxyl groups excluding tert-OH is 4. The molecule has 0 aliphatic carbocycles. The average Bonchev–Trinajstić information content (AvgIpc) is 3.26. The standard InChI is InChI=1S/C18H32O8.C14H22O7.C12H24O8/c1-6-21-7-8-22-9-10-23-18-17(25-15(5)20)13(3)12(2)16(26-18)11-24-14(4)19;1-7-8(2)13(19-10(4)16)14(20-11(5)17)21-12(7)6-18-9(3)15;1-2-17-3-4-18-5-6-19-12-11(16)10(15)9(14)8(7-13)20-12/h12-13,16-18H,6-11H2,1-5H3;7-8,12-14H,6H2,1-5H3;8-16H,2-7H2,1H3/t12-,13-,16?,17?,18-;7-,8-,12?,13?,14+;8?,9-,10+,11?,12+/m001/s1. The van der Waals surface area contributed by atoms with Crippen molar-refractivity contribution < 1.29 is 111 Å². The highest BCUT2D eigenvalue weighted by Gasteiger charge is 2.47. The Morgan fingerprint density at radius 2 is 0.806 bits per heavy atom. The maximum Gasteiger partial charge on any atom is 0.305 e. The Bertz CT molecular complexity index is 1400. The minimum absolute atomic E-state index is 0.0166. The summed E-state index contributed by atoms with van der Waals surface area (Å²) in [6.07, 6.45) is -9.96. The van der Waals surface area contributed by atoms with Crippen molar-refractivity contribution in [3.63, 3.8) is 0 Å². The molecule has 0 bridgehead atoms. The normalized spacial score (nSPS) is 31.4. The molecule has 0 amide bonds. The first-order valence-electron chi connectivity index (χ1n) is 22.6. The van der Waals surface area contributed by atoms with Crippen LogP contribution in [-0.4, -0.2) is 204 Å². The van der Waals surface area contributed by atoms with Crippen LogP contribution in [0.1, 0.15) is 76.2 Å². The Morgan fingerprint density at radius 3 is 1.21 bits per heavy atom. The monoisotopic (exact) mass is 974 g/mol. The van der Waals surface area contributed by atoms with Crippen LogP contribution in [0.4, 0.5) is 0 Å². The van der Waals surface area contributed by atoms with Crippen molar-refractivity contribution in [3.05, 3.63) is 0 Å². The lowest BCUT2D eigenvalue weighted by atomic mass is 9.83. The van der Waals surface area contributed by atoms with E-state index in [1.807, 2.05) is 41.5 Å². The summed E-state index contributed by atoms with van der Waals surface area (Å²) in [5.74, 6) is -2.33. The third-order valence-electron chi connectivity index (χ3n) is 10.8. The van der Waals surface area contributed by atoms with Gasteiger partial charge in [0.15, 0.2) is 24.8 Å². The van der Waals surface area contributed by atoms with Gasteiger partial charge in [-0.15, -0.1) is 0 Å². The summed E-state index contributed by atoms with van der Waals surface area (Å²) < 4.78 is 74.4. The van der Waals surface area contributed by atoms with Crippen molar-refractivity contribution in [1.29, 1.82) is 0 Å². The third-order valence-corrected chi connectivity index (χ3v) is 10.8. The molecule has 0 saturated carbocycles. The second-order valence-electron chi connectivity index (χ2n) is 15.9. The van der Waals surface area contributed by atoms with Gasteiger partial charge in [-0.1, -0.05) is 27.7 Å². The first-order chi connectivity index (χ1) is 31.7. The highest BCUT2D eigenvalue weighted by atomic mass is 16.7. The van der Waals surface area contributed by atoms with Crippen LogP contribution < -0.4 is 0 Å². The molecule has 3 heterocycles. The fourth-order valence-corrected chi connectivity index (χ4v) is 6.78. The van der Waals surface area contributed by atoms with E-state index in [4.69, 9.17) is 71.4 Å². The molecule has 0 radical (unpaired) electrons. The zero-order valence-electron chi connectivity index (χ0n) is 40.9. The van der Waals surface area contributed by atoms with Crippen LogP contribution in [0.2, 0.25) is 0 Å². The Hall–Kier alpha value is -3.17. The topological polar surface area (TPSA) is 295 Å². The molecule has 3 fully saturated rings. The van der Waals surface area contributed by atoms with Gasteiger partial charge in [0.05, 0.1) is 71.7 Å². The Labute approximate surface area is 393 Å². The molecular formula is C44H78O23. The molecule has 3 rings (SSSR count). The zero-order chi connectivity index (χ0) is 50.6. The molecular weight excluding hydrogens is 896 g/mol. The number of esters is 5. The molecule has 3 aliphatic heterocycles. The quantitative estimate of drug-likeness (QED) is 0.0580. The van der Waals surface area contributed by atoms with E-state index < -0.39 is 92.1 Å². The van der Waals surface area contributed by atoms with Crippen LogP contribution in [-0.2, 0) is 90.3 Å². The van der Waals surface area contributed by atoms with Crippen molar-refractivity contribution in [2.45, 2.75) is 144 Å². The van der Waals surface area contributed by atoms with E-state index in [9.17, 15) is 39.3 Å². The summed E-state index contributed by atoms with van der Waals surface area (Å²) in [5, 5.41) is 37.8. The second-order valence-corrected chi connectivity index (χ2v) is 15.9. The van der Waals surface area contributed by atoms with E-state index >= 15 is 0 Å². The summed E-state index contributed by atoms with van der Waals surface area (Å²) in [5.41, 5.74) is 0. The Balaban J connectivity index is 0.000000508. The first-order valence-corrected chi connectivity index (χ1v) is 22.6. The van der Waals surface area contributed by atoms with Crippen LogP contribution in [0.5, 0.6) is 0 Å². The SMILES string of the molecule is CC(=O)OCC1O[C@@H](OC(C)=O)C(OC(C)=O)[C@@H](C)[C@@H]1C.CCOCCOCCO[C@H]1OC(CO)[C@@H](O)[C@H](O)C1O.CCOCCOCCO[C@H]1OC(COC(C)=O)[C@@H](C)[C@H](C)C1OC(C)=O. The molecule has 0 aromatic carbocycles. The number of rotatable bonds is 24. The van der Waals surface area contributed by atoms with Crippen LogP contribution in [0.15, 0.2) is 0 Å². The van der Waals surface area contributed by atoms with E-state index in [0.717, 1.165) is 0 Å². The molecule has 67 heavy (non-hydrogen) atoms. The van der Waals surface area contributed by atoms with Crippen molar-refractivity contribution in [2.75, 3.05) is 85.9 Å². The molecule has 0 aromatic heterocycles. The first kappa shape index (κ1) is 61.8. The molecule has 392 valence electrons. The highest BCUT2D eigenvalue weighted by molar-refractivity contribution is 5.68. The van der Waals surface area contributed by atoms with Gasteiger partial charge in [0.2, 0.25) is 6.29 Å². The third kappa shape index (κ3) is 23.8. The van der Waals surface area contributed by atoms with Gasteiger partial charge < -0.3 is 86.7 Å². The molecule has 0 spiro atoms. The lowest BCUT2D eigenvalue weighted by Crippen LogP contribution is -2.59. The molecule has 15 atom stereocenters. The Morgan fingerprint density at radius 1 is 0.433 bits per heavy atom. The molecule has 3 aliphatic rings. The predicted octanol–water partition coefficient (Wildman–Crippen LogP) is 0.445. The van der Waals surface area contributed by atoms with Crippen molar-refractivity contribution in [3.8, 4) is 0 Å². The van der Waals surface area contributed by atoms with Gasteiger partial charge in [-0.3, -0.25) is 24.0 Å². The van der Waals surface area contributed by atoms with E-state index in [1.54, 1.807) is 0 Å². The lowest BCUT2D eigenvalue weighted by molar-refractivity contribution is -0.302. The van der Waals surface area contributed by atoms with Crippen molar-refractivity contribution >= 4 is 29.8 Å². The smallest absolute Gasteiger partial charge is 0.305 e. The summed E-state index contributed by atoms with van der Waals surface area (Å²) in [4.78, 5) is 55.8. The van der Waals surface area contributed by atoms with Gasteiger partial charge in [0, 0.05) is 59.7 Å². The minimum Gasteiger partial charge on any atom is -0.463 e. The zero-order valence-corrected chi connectivity index (χ0v) is 40.9. The van der Waals surface area contributed by atoms with Crippen LogP contribution >= 0.6 is 0 Å². The summed E-state index contributed by atoms with van der Waals surface area (Å²) >= 11 is 0. The summed E-state index contributed by atoms with van der Waals surface area (Å²) in [7, 11) is 0. The second kappa shape index (κ2) is 34.2. The van der Waals surface area contributed by atoms with Crippen LogP contribution in [0.25, 0.3) is 0 Å². The van der Waals surface area contributed by atoms with Gasteiger partial charge in [0.1, 0.15) is 37.6 Å². The van der Waals surface area contributed by atoms with Crippen molar-refractivity contribution in [2.24, 2.45) is 23.7 Å². The fraction of sp³-hybridized carbons (Fsp3) is 0.886. The van der Waals surface area contributed by atoms with Gasteiger partial charge in [-0.05, 0) is 25.7 Å². The van der Waals surface area contributed by atoms with Crippen LogP contribution in [0, 0.1) is 23.7 Å². The van der Waals surface area contributed by atoms with E-state index in [1.165, 1.54) is 34.6 Å². The summed E-state index contributed by atoms with van der Waals surface area (Å²) in [6, 6.07) is 0. The van der Waals surface area contributed by atoms with Crippen LogP contribution in [0.3, 0.4) is 0 Å². The minimum atomic E-state index is -1.43. The van der Waals surface area contributed by atoms with E-state index in [2.05, 4.69) is 0 Å². The van der Waals surface area contributed by atoms with Gasteiger partial charge in [0.25, 0.3) is 0 Å². The number of aliphatic hydroxyl groups is 4. The molecule has 4 N–H and O–H groups in total. The van der Waals surface area contributed by atoms with Gasteiger partial charge in [-0.25, -0.2) is 0 Å². The lowest BCUT2D eigenvalue weighted by Gasteiger charge is -2.43. The number of carbonyl (C=O) groups excluding carboxylic acids is 5. The Kier molecular flexibility index (Phi) is 31.6. The van der Waals surface area contributed by atoms with E-state index in [0.29, 0.717) is 46.2 Å². The molecule has 0 aromatic rings. The van der Waals surface area contributed by atoms with E-state index in [-0.39, 0.29) is 68.8 Å². The largest absolute Gasteiger partial charge is 0.463 e. The molecule has 6 unspecified atom stereocenters.